The van der Waals surface area contributed by atoms with Gasteiger partial charge in [-0.15, -0.1) is 0 Å². The highest BCUT2D eigenvalue weighted by Crippen LogP contribution is 2.42. The normalized spacial score (nSPS) is 17.9. The molecule has 132 valence electrons. The van der Waals surface area contributed by atoms with Crippen molar-refractivity contribution in [1.82, 2.24) is 5.32 Å². The van der Waals surface area contributed by atoms with E-state index in [9.17, 15) is 4.79 Å². The molecule has 22 heavy (non-hydrogen) atoms. The third-order valence-corrected chi connectivity index (χ3v) is 5.53. The lowest BCUT2D eigenvalue weighted by atomic mass is 9.66. The molecule has 0 bridgehead atoms. The minimum Gasteiger partial charge on any atom is -0.351 e. The Kier molecular flexibility index (Phi) is 8.72. The van der Waals surface area contributed by atoms with Crippen LogP contribution in [0.15, 0.2) is 0 Å². The molecule has 0 aromatic heterocycles. The molecular weight excluding hydrogens is 270 g/mol. The van der Waals surface area contributed by atoms with Crippen molar-refractivity contribution in [2.45, 2.75) is 100.0 Å². The number of amides is 1. The summed E-state index contributed by atoms with van der Waals surface area (Å²) in [4.78, 5) is 13.0. The number of carbonyl (C=O) groups excluding carboxylic acids is 1. The summed E-state index contributed by atoms with van der Waals surface area (Å²) in [6.07, 6.45) is 5.33. The molecule has 2 heteroatoms. The maximum Gasteiger partial charge on any atom is 0.224 e. The quantitative estimate of drug-likeness (QED) is 0.542. The standard InChI is InChI=1S/C20H41NO/c1-10-16(6)14-20(9,12-3)17(13-15(4)5)18(22)21-19(7,8)11-2/h15-17H,10-14H2,1-9H3,(H,21,22). The van der Waals surface area contributed by atoms with Crippen molar-refractivity contribution in [2.24, 2.45) is 23.2 Å². The van der Waals surface area contributed by atoms with Crippen LogP contribution in [0.2, 0.25) is 0 Å². The highest BCUT2D eigenvalue weighted by Gasteiger charge is 2.39. The zero-order valence-corrected chi connectivity index (χ0v) is 16.7. The summed E-state index contributed by atoms with van der Waals surface area (Å²) < 4.78 is 0. The van der Waals surface area contributed by atoms with Crippen LogP contribution >= 0.6 is 0 Å². The van der Waals surface area contributed by atoms with Crippen LogP contribution in [-0.2, 0) is 4.79 Å². The zero-order chi connectivity index (χ0) is 17.6. The van der Waals surface area contributed by atoms with Gasteiger partial charge < -0.3 is 5.32 Å². The van der Waals surface area contributed by atoms with Crippen LogP contribution in [0.3, 0.4) is 0 Å². The molecule has 3 atom stereocenters. The number of nitrogens with one attached hydrogen (secondary N) is 1. The van der Waals surface area contributed by atoms with E-state index in [1.807, 2.05) is 0 Å². The fraction of sp³-hybridized carbons (Fsp3) is 0.950. The van der Waals surface area contributed by atoms with Gasteiger partial charge in [0, 0.05) is 11.5 Å². The third kappa shape index (κ3) is 6.71. The molecule has 0 heterocycles. The topological polar surface area (TPSA) is 29.1 Å². The van der Waals surface area contributed by atoms with Crippen molar-refractivity contribution in [2.75, 3.05) is 0 Å². The molecule has 0 aliphatic heterocycles. The minimum absolute atomic E-state index is 0.0909. The Morgan fingerprint density at radius 1 is 1.00 bits per heavy atom. The fourth-order valence-electron chi connectivity index (χ4n) is 3.16. The van der Waals surface area contributed by atoms with Gasteiger partial charge >= 0.3 is 0 Å². The van der Waals surface area contributed by atoms with E-state index in [0.29, 0.717) is 11.8 Å². The molecule has 0 saturated heterocycles. The molecule has 0 aromatic rings. The molecule has 3 unspecified atom stereocenters. The second-order valence-electron chi connectivity index (χ2n) is 8.63. The van der Waals surface area contributed by atoms with Crippen molar-refractivity contribution in [3.05, 3.63) is 0 Å². The first-order valence-corrected chi connectivity index (χ1v) is 9.33. The average Bonchev–Trinajstić information content (AvgIpc) is 2.43. The van der Waals surface area contributed by atoms with E-state index in [0.717, 1.165) is 25.7 Å². The molecule has 0 spiro atoms. The smallest absolute Gasteiger partial charge is 0.224 e. The van der Waals surface area contributed by atoms with Crippen LogP contribution in [0.4, 0.5) is 0 Å². The Morgan fingerprint density at radius 2 is 1.55 bits per heavy atom. The van der Waals surface area contributed by atoms with Crippen molar-refractivity contribution < 1.29 is 4.79 Å². The minimum atomic E-state index is -0.114. The largest absolute Gasteiger partial charge is 0.351 e. The van der Waals surface area contributed by atoms with Crippen LogP contribution in [0.5, 0.6) is 0 Å². The average molecular weight is 312 g/mol. The maximum absolute atomic E-state index is 13.0. The van der Waals surface area contributed by atoms with Gasteiger partial charge in [-0.3, -0.25) is 4.79 Å². The zero-order valence-electron chi connectivity index (χ0n) is 16.7. The third-order valence-electron chi connectivity index (χ3n) is 5.53. The second-order valence-corrected chi connectivity index (χ2v) is 8.63. The van der Waals surface area contributed by atoms with Crippen LogP contribution < -0.4 is 5.32 Å². The molecule has 0 aliphatic carbocycles. The summed E-state index contributed by atoms with van der Waals surface area (Å²) in [6, 6.07) is 0. The van der Waals surface area contributed by atoms with Gasteiger partial charge in [0.2, 0.25) is 5.91 Å². The molecule has 0 fully saturated rings. The molecular formula is C20H41NO. The molecule has 1 amide bonds. The van der Waals surface area contributed by atoms with Gasteiger partial charge in [-0.05, 0) is 56.8 Å². The van der Waals surface area contributed by atoms with E-state index < -0.39 is 0 Å². The van der Waals surface area contributed by atoms with Crippen LogP contribution in [0.25, 0.3) is 0 Å². The Morgan fingerprint density at radius 3 is 1.91 bits per heavy atom. The van der Waals surface area contributed by atoms with Crippen LogP contribution in [-0.4, -0.2) is 11.4 Å². The van der Waals surface area contributed by atoms with Gasteiger partial charge in [-0.2, -0.15) is 0 Å². The van der Waals surface area contributed by atoms with Crippen molar-refractivity contribution >= 4 is 5.91 Å². The van der Waals surface area contributed by atoms with Gasteiger partial charge in [0.05, 0.1) is 0 Å². The van der Waals surface area contributed by atoms with Crippen molar-refractivity contribution in [3.63, 3.8) is 0 Å². The fourth-order valence-corrected chi connectivity index (χ4v) is 3.16. The first-order chi connectivity index (χ1) is 10.0. The molecule has 0 aliphatic rings. The van der Waals surface area contributed by atoms with Crippen LogP contribution in [0.1, 0.15) is 94.4 Å². The van der Waals surface area contributed by atoms with Crippen LogP contribution in [0, 0.1) is 23.2 Å². The van der Waals surface area contributed by atoms with E-state index in [4.69, 9.17) is 0 Å². The second kappa shape index (κ2) is 8.93. The predicted molar refractivity (Wildman–Crippen MR) is 97.9 cm³/mol. The molecule has 0 radical (unpaired) electrons. The highest BCUT2D eigenvalue weighted by atomic mass is 16.2. The highest BCUT2D eigenvalue weighted by molar-refractivity contribution is 5.80. The number of carbonyl (C=O) groups is 1. The van der Waals surface area contributed by atoms with E-state index in [2.05, 4.69) is 67.6 Å². The Hall–Kier alpha value is -0.530. The summed E-state index contributed by atoms with van der Waals surface area (Å²) in [5, 5.41) is 3.30. The molecule has 0 rings (SSSR count). The van der Waals surface area contributed by atoms with Gasteiger partial charge in [0.25, 0.3) is 0 Å². The van der Waals surface area contributed by atoms with E-state index >= 15 is 0 Å². The summed E-state index contributed by atoms with van der Waals surface area (Å²) in [5.41, 5.74) is -0.0229. The van der Waals surface area contributed by atoms with Crippen molar-refractivity contribution in [3.8, 4) is 0 Å². The summed E-state index contributed by atoms with van der Waals surface area (Å²) in [5.74, 6) is 1.58. The van der Waals surface area contributed by atoms with E-state index in [1.54, 1.807) is 0 Å². The molecule has 0 saturated carbocycles. The monoisotopic (exact) mass is 311 g/mol. The lowest BCUT2D eigenvalue weighted by molar-refractivity contribution is -0.132. The van der Waals surface area contributed by atoms with Gasteiger partial charge in [0.1, 0.15) is 0 Å². The van der Waals surface area contributed by atoms with Gasteiger partial charge in [-0.1, -0.05) is 54.9 Å². The Labute approximate surface area is 139 Å². The number of hydrogen-bond acceptors (Lipinski definition) is 1. The summed E-state index contributed by atoms with van der Waals surface area (Å²) in [6.45, 7) is 20.0. The van der Waals surface area contributed by atoms with Gasteiger partial charge in [-0.25, -0.2) is 0 Å². The molecule has 0 aromatic carbocycles. The van der Waals surface area contributed by atoms with E-state index in [1.165, 1.54) is 6.42 Å². The molecule has 2 nitrogen and oxygen atoms in total. The predicted octanol–water partition coefficient (Wildman–Crippen LogP) is 5.81. The first kappa shape index (κ1) is 21.5. The maximum atomic E-state index is 13.0. The number of rotatable bonds is 10. The summed E-state index contributed by atoms with van der Waals surface area (Å²) in [7, 11) is 0. The number of hydrogen-bond donors (Lipinski definition) is 1. The van der Waals surface area contributed by atoms with Crippen molar-refractivity contribution in [1.29, 1.82) is 0 Å². The van der Waals surface area contributed by atoms with Gasteiger partial charge in [0.15, 0.2) is 0 Å². The lowest BCUT2D eigenvalue weighted by Gasteiger charge is -2.40. The Balaban J connectivity index is 5.34. The molecule has 1 N–H and O–H groups in total. The first-order valence-electron chi connectivity index (χ1n) is 9.33. The Bertz CT molecular complexity index is 335. The lowest BCUT2D eigenvalue weighted by Crippen LogP contribution is -2.49. The van der Waals surface area contributed by atoms with E-state index in [-0.39, 0.29) is 22.8 Å². The SMILES string of the molecule is CCC(C)CC(C)(CC)C(CC(C)C)C(=O)NC(C)(C)CC. The summed E-state index contributed by atoms with van der Waals surface area (Å²) >= 11 is 0.